The Bertz CT molecular complexity index is 3260. The van der Waals surface area contributed by atoms with Gasteiger partial charge in [-0.3, -0.25) is 9.36 Å². The van der Waals surface area contributed by atoms with Crippen LogP contribution in [0.2, 0.25) is 0 Å². The molecule has 0 radical (unpaired) electrons. The zero-order valence-electron chi connectivity index (χ0n) is 25.8. The van der Waals surface area contributed by atoms with Gasteiger partial charge >= 0.3 is 0 Å². The van der Waals surface area contributed by atoms with Crippen LogP contribution >= 0.6 is 0 Å². The van der Waals surface area contributed by atoms with Crippen LogP contribution in [0.15, 0.2) is 149 Å². The van der Waals surface area contributed by atoms with Gasteiger partial charge in [0.25, 0.3) is 5.56 Å². The van der Waals surface area contributed by atoms with Crippen LogP contribution in [0.1, 0.15) is 0 Å². The molecule has 11 rings (SSSR count). The first-order chi connectivity index (χ1) is 24.2. The molecule has 0 saturated carbocycles. The molecule has 0 atom stereocenters. The molecule has 0 spiro atoms. The van der Waals surface area contributed by atoms with Crippen molar-refractivity contribution in [3.8, 4) is 17.2 Å². The monoisotopic (exact) mass is 629 g/mol. The van der Waals surface area contributed by atoms with Crippen molar-refractivity contribution >= 4 is 82.1 Å². The molecule has 0 aliphatic carbocycles. The molecule has 0 aliphatic rings. The van der Waals surface area contributed by atoms with E-state index in [2.05, 4.69) is 42.5 Å². The molecule has 0 bridgehead atoms. The van der Waals surface area contributed by atoms with Crippen molar-refractivity contribution in [2.75, 3.05) is 0 Å². The molecule has 5 heterocycles. The summed E-state index contributed by atoms with van der Waals surface area (Å²) in [6, 6.07) is 46.3. The van der Waals surface area contributed by atoms with Crippen LogP contribution < -0.4 is 5.56 Å². The number of para-hydroxylation sites is 4. The van der Waals surface area contributed by atoms with Crippen LogP contribution in [0.3, 0.4) is 0 Å². The van der Waals surface area contributed by atoms with E-state index in [0.717, 1.165) is 71.2 Å². The predicted molar refractivity (Wildman–Crippen MR) is 197 cm³/mol. The van der Waals surface area contributed by atoms with Gasteiger partial charge in [0.1, 0.15) is 22.5 Å². The molecule has 7 heteroatoms. The van der Waals surface area contributed by atoms with Crippen molar-refractivity contribution in [1.29, 1.82) is 0 Å². The largest absolute Gasteiger partial charge is 0.456 e. The van der Waals surface area contributed by atoms with Crippen LogP contribution in [0, 0.1) is 0 Å². The summed E-state index contributed by atoms with van der Waals surface area (Å²) in [7, 11) is 0. The lowest BCUT2D eigenvalue weighted by Gasteiger charge is -2.14. The maximum atomic E-state index is 14.6. The maximum absolute atomic E-state index is 14.6. The van der Waals surface area contributed by atoms with Crippen molar-refractivity contribution < 1.29 is 4.42 Å². The van der Waals surface area contributed by atoms with Crippen molar-refractivity contribution in [3.63, 3.8) is 0 Å². The predicted octanol–water partition coefficient (Wildman–Crippen LogP) is 9.61. The zero-order chi connectivity index (χ0) is 32.2. The van der Waals surface area contributed by atoms with Crippen molar-refractivity contribution in [2.45, 2.75) is 0 Å². The molecule has 0 aliphatic heterocycles. The van der Waals surface area contributed by atoms with Crippen LogP contribution in [0.5, 0.6) is 0 Å². The van der Waals surface area contributed by atoms with Crippen LogP contribution in [-0.4, -0.2) is 23.9 Å². The topological polar surface area (TPSA) is 78.2 Å². The highest BCUT2D eigenvalue weighted by atomic mass is 16.3. The fraction of sp³-hybridized carbons (Fsp3) is 0. The molecule has 0 unspecified atom stereocenters. The Morgan fingerprint density at radius 1 is 0.510 bits per heavy atom. The number of hydrogen-bond acceptors (Lipinski definition) is 5. The van der Waals surface area contributed by atoms with Crippen LogP contribution in [0.4, 0.5) is 0 Å². The molecule has 6 aromatic carbocycles. The summed E-state index contributed by atoms with van der Waals surface area (Å²) in [5, 5.41) is 7.45. The summed E-state index contributed by atoms with van der Waals surface area (Å²) in [5.74, 6) is 0.459. The molecule has 0 N–H and O–H groups in total. The Hall–Kier alpha value is -6.86. The minimum absolute atomic E-state index is 0.142. The van der Waals surface area contributed by atoms with E-state index < -0.39 is 0 Å². The number of nitrogens with zero attached hydrogens (tertiary/aromatic N) is 5. The lowest BCUT2D eigenvalue weighted by atomic mass is 10.0. The average molecular weight is 630 g/mol. The van der Waals surface area contributed by atoms with Gasteiger partial charge in [0.05, 0.1) is 27.6 Å². The molecular weight excluding hydrogens is 606 g/mol. The first-order valence-corrected chi connectivity index (χ1v) is 16.2. The van der Waals surface area contributed by atoms with Crippen molar-refractivity contribution in [3.05, 3.63) is 150 Å². The summed E-state index contributed by atoms with van der Waals surface area (Å²) in [4.78, 5) is 30.1. The Morgan fingerprint density at radius 3 is 1.98 bits per heavy atom. The van der Waals surface area contributed by atoms with E-state index in [0.29, 0.717) is 28.1 Å². The van der Waals surface area contributed by atoms with Crippen LogP contribution in [-0.2, 0) is 0 Å². The second kappa shape index (κ2) is 9.59. The number of aromatic nitrogens is 5. The SMILES string of the molecule is O=c1c2ccccc2nc2c3ccccc3c3c4ccccc4n(-c4nc(-c5ccc6c(c5)oc5ccccc56)c5ccccc5n4)c3n12. The third-order valence-corrected chi connectivity index (χ3v) is 9.72. The number of benzene rings is 6. The molecule has 0 saturated heterocycles. The molecule has 0 fully saturated rings. The lowest BCUT2D eigenvalue weighted by molar-refractivity contribution is 0.669. The van der Waals surface area contributed by atoms with E-state index >= 15 is 0 Å². The molecule has 0 amide bonds. The molecule has 228 valence electrons. The van der Waals surface area contributed by atoms with Gasteiger partial charge in [0, 0.05) is 37.9 Å². The minimum atomic E-state index is -0.142. The van der Waals surface area contributed by atoms with Gasteiger partial charge in [-0.2, -0.15) is 0 Å². The van der Waals surface area contributed by atoms with Gasteiger partial charge in [0.2, 0.25) is 5.95 Å². The van der Waals surface area contributed by atoms with Gasteiger partial charge in [0.15, 0.2) is 0 Å². The first-order valence-electron chi connectivity index (χ1n) is 16.2. The standard InChI is InChI=1S/C42H23N5O2/c48-41-30-15-4-8-18-33(30)43-39-28-13-2-1-12-27(28)37-31-16-5-9-19-34(31)46(40(37)47(39)41)42-44-32-17-7-3-14-29(32)38(45-42)24-21-22-26-25-11-6-10-20-35(25)49-36(26)23-24/h1-23H. The number of rotatable bonds is 2. The fourth-order valence-electron chi connectivity index (χ4n) is 7.57. The van der Waals surface area contributed by atoms with E-state index in [1.807, 2.05) is 102 Å². The summed E-state index contributed by atoms with van der Waals surface area (Å²) < 4.78 is 10.1. The third kappa shape index (κ3) is 3.56. The Labute approximate surface area is 276 Å². The quantitative estimate of drug-likeness (QED) is 0.141. The second-order valence-electron chi connectivity index (χ2n) is 12.4. The van der Waals surface area contributed by atoms with Crippen molar-refractivity contribution in [1.82, 2.24) is 23.9 Å². The fourth-order valence-corrected chi connectivity index (χ4v) is 7.57. The summed E-state index contributed by atoms with van der Waals surface area (Å²) in [6.07, 6.45) is 0. The van der Waals surface area contributed by atoms with E-state index in [1.165, 1.54) is 0 Å². The lowest BCUT2D eigenvalue weighted by Crippen LogP contribution is -2.18. The summed E-state index contributed by atoms with van der Waals surface area (Å²) in [6.45, 7) is 0. The molecule has 5 aromatic heterocycles. The minimum Gasteiger partial charge on any atom is -0.456 e. The molecular formula is C42H23N5O2. The van der Waals surface area contributed by atoms with Gasteiger partial charge in [-0.25, -0.2) is 19.4 Å². The molecule has 11 aromatic rings. The van der Waals surface area contributed by atoms with Gasteiger partial charge in [-0.05, 0) is 47.9 Å². The van der Waals surface area contributed by atoms with Crippen molar-refractivity contribution in [2.24, 2.45) is 0 Å². The highest BCUT2D eigenvalue weighted by Crippen LogP contribution is 2.39. The Balaban J connectivity index is 1.31. The smallest absolute Gasteiger partial charge is 0.267 e. The van der Waals surface area contributed by atoms with E-state index in [-0.39, 0.29) is 5.56 Å². The number of fused-ring (bicyclic) bond motifs is 13. The van der Waals surface area contributed by atoms with Gasteiger partial charge in [-0.1, -0.05) is 97.1 Å². The van der Waals surface area contributed by atoms with E-state index in [9.17, 15) is 4.79 Å². The summed E-state index contributed by atoms with van der Waals surface area (Å²) in [5.41, 5.74) is 6.78. The first kappa shape index (κ1) is 26.2. The highest BCUT2D eigenvalue weighted by molar-refractivity contribution is 6.23. The Morgan fingerprint density at radius 2 is 1.14 bits per heavy atom. The van der Waals surface area contributed by atoms with Gasteiger partial charge < -0.3 is 4.42 Å². The summed E-state index contributed by atoms with van der Waals surface area (Å²) >= 11 is 0. The highest BCUT2D eigenvalue weighted by Gasteiger charge is 2.24. The van der Waals surface area contributed by atoms with Gasteiger partial charge in [-0.15, -0.1) is 0 Å². The average Bonchev–Trinajstić information content (AvgIpc) is 3.70. The molecule has 49 heavy (non-hydrogen) atoms. The molecule has 7 nitrogen and oxygen atoms in total. The normalized spacial score (nSPS) is 12.2. The number of hydrogen-bond donors (Lipinski definition) is 0. The zero-order valence-corrected chi connectivity index (χ0v) is 25.8. The third-order valence-electron chi connectivity index (χ3n) is 9.72. The second-order valence-corrected chi connectivity index (χ2v) is 12.4. The number of furan rings is 1. The van der Waals surface area contributed by atoms with E-state index in [1.54, 1.807) is 4.40 Å². The Kier molecular flexibility index (Phi) is 5.13. The van der Waals surface area contributed by atoms with Crippen LogP contribution in [0.25, 0.3) is 99.3 Å². The number of pyridine rings is 1. The van der Waals surface area contributed by atoms with E-state index in [4.69, 9.17) is 19.4 Å². The maximum Gasteiger partial charge on any atom is 0.267 e.